The lowest BCUT2D eigenvalue weighted by molar-refractivity contribution is -0.118. The van der Waals surface area contributed by atoms with Gasteiger partial charge in [0, 0.05) is 11.3 Å². The van der Waals surface area contributed by atoms with E-state index in [-0.39, 0.29) is 23.2 Å². The van der Waals surface area contributed by atoms with Gasteiger partial charge in [-0.15, -0.1) is 16.4 Å². The van der Waals surface area contributed by atoms with E-state index >= 15 is 0 Å². The van der Waals surface area contributed by atoms with Gasteiger partial charge in [0.25, 0.3) is 0 Å². The van der Waals surface area contributed by atoms with Crippen molar-refractivity contribution in [2.45, 2.75) is 5.41 Å². The van der Waals surface area contributed by atoms with Crippen LogP contribution in [0.3, 0.4) is 0 Å². The molecule has 7 nitrogen and oxygen atoms in total. The molecule has 0 saturated heterocycles. The van der Waals surface area contributed by atoms with Crippen LogP contribution in [0.25, 0.3) is 10.6 Å². The standard InChI is InChI=1S/C18H10ClN5O2S/c19-12-6-5-11(27-12)14-13-16(24-23-14)26-15(21)9(7-20)18(13)8-3-1-2-4-10(8)22-17(18)25/h1-6H,21H2,(H,22,25)(H,23,24)/t18-/m0/s1. The molecule has 0 unspecified atom stereocenters. The summed E-state index contributed by atoms with van der Waals surface area (Å²) in [5.74, 6) is -0.352. The molecule has 1 spiro atoms. The number of ether oxygens (including phenoxy) is 1. The number of H-pyrrole nitrogens is 1. The Balaban J connectivity index is 1.91. The van der Waals surface area contributed by atoms with Gasteiger partial charge in [0.05, 0.1) is 20.5 Å². The second-order valence-corrected chi connectivity index (χ2v) is 7.80. The maximum Gasteiger partial charge on any atom is 0.245 e. The highest BCUT2D eigenvalue weighted by Gasteiger charge is 2.58. The molecule has 3 aromatic rings. The van der Waals surface area contributed by atoms with Crippen LogP contribution in [-0.4, -0.2) is 16.1 Å². The van der Waals surface area contributed by atoms with Crippen molar-refractivity contribution >= 4 is 34.5 Å². The smallest absolute Gasteiger partial charge is 0.245 e. The molecule has 0 radical (unpaired) electrons. The van der Waals surface area contributed by atoms with E-state index in [1.807, 2.05) is 18.2 Å². The average Bonchev–Trinajstić information content (AvgIpc) is 3.33. The van der Waals surface area contributed by atoms with E-state index in [0.717, 1.165) is 4.88 Å². The number of nitriles is 1. The molecule has 0 bridgehead atoms. The summed E-state index contributed by atoms with van der Waals surface area (Å²) < 4.78 is 6.17. The summed E-state index contributed by atoms with van der Waals surface area (Å²) in [6, 6.07) is 12.8. The molecule has 4 heterocycles. The predicted molar refractivity (Wildman–Crippen MR) is 100 cm³/mol. The summed E-state index contributed by atoms with van der Waals surface area (Å²) in [7, 11) is 0. The van der Waals surface area contributed by atoms with Gasteiger partial charge >= 0.3 is 0 Å². The van der Waals surface area contributed by atoms with Crippen molar-refractivity contribution in [2.75, 3.05) is 5.32 Å². The average molecular weight is 396 g/mol. The minimum absolute atomic E-state index is 0.0303. The largest absolute Gasteiger partial charge is 0.420 e. The highest BCUT2D eigenvalue weighted by Crippen LogP contribution is 2.55. The quantitative estimate of drug-likeness (QED) is 0.585. The van der Waals surface area contributed by atoms with Crippen molar-refractivity contribution in [1.29, 1.82) is 5.26 Å². The van der Waals surface area contributed by atoms with Gasteiger partial charge in [-0.3, -0.25) is 9.89 Å². The molecule has 1 amide bonds. The van der Waals surface area contributed by atoms with Gasteiger partial charge in [0.2, 0.25) is 17.7 Å². The van der Waals surface area contributed by atoms with Crippen molar-refractivity contribution in [1.82, 2.24) is 10.2 Å². The number of hydrogen-bond donors (Lipinski definition) is 3. The van der Waals surface area contributed by atoms with Gasteiger partial charge in [0.15, 0.2) is 0 Å². The van der Waals surface area contributed by atoms with E-state index in [4.69, 9.17) is 22.1 Å². The lowest BCUT2D eigenvalue weighted by Crippen LogP contribution is -2.42. The number of rotatable bonds is 1. The Morgan fingerprint density at radius 1 is 1.30 bits per heavy atom. The summed E-state index contributed by atoms with van der Waals surface area (Å²) >= 11 is 7.42. The molecule has 2 aliphatic heterocycles. The molecule has 1 aromatic carbocycles. The second kappa shape index (κ2) is 5.36. The Morgan fingerprint density at radius 3 is 2.85 bits per heavy atom. The number of halogens is 1. The van der Waals surface area contributed by atoms with Crippen LogP contribution in [0, 0.1) is 11.3 Å². The molecule has 5 rings (SSSR count). The fourth-order valence-electron chi connectivity index (χ4n) is 3.73. The van der Waals surface area contributed by atoms with Crippen LogP contribution in [0.15, 0.2) is 47.9 Å². The van der Waals surface area contributed by atoms with Crippen LogP contribution in [0.4, 0.5) is 5.69 Å². The molecule has 1 atom stereocenters. The molecule has 2 aliphatic rings. The molecule has 4 N–H and O–H groups in total. The first-order chi connectivity index (χ1) is 13.1. The Bertz CT molecular complexity index is 1200. The number of para-hydroxylation sites is 1. The fraction of sp³-hybridized carbons (Fsp3) is 0.0556. The van der Waals surface area contributed by atoms with Crippen LogP contribution < -0.4 is 15.8 Å². The van der Waals surface area contributed by atoms with Crippen LogP contribution in [0.2, 0.25) is 4.34 Å². The monoisotopic (exact) mass is 395 g/mol. The van der Waals surface area contributed by atoms with Crippen LogP contribution in [-0.2, 0) is 10.2 Å². The van der Waals surface area contributed by atoms with Gasteiger partial charge in [-0.2, -0.15) is 5.26 Å². The van der Waals surface area contributed by atoms with E-state index in [1.54, 1.807) is 18.2 Å². The maximum absolute atomic E-state index is 13.3. The van der Waals surface area contributed by atoms with Crippen molar-refractivity contribution in [3.05, 3.63) is 63.3 Å². The normalized spacial score (nSPS) is 20.1. The summed E-state index contributed by atoms with van der Waals surface area (Å²) in [6.45, 7) is 0. The van der Waals surface area contributed by atoms with Crippen LogP contribution in [0.1, 0.15) is 11.1 Å². The summed E-state index contributed by atoms with van der Waals surface area (Å²) in [6.07, 6.45) is 0. The maximum atomic E-state index is 13.3. The second-order valence-electron chi connectivity index (χ2n) is 6.09. The number of benzene rings is 1. The van der Waals surface area contributed by atoms with Crippen molar-refractivity contribution in [2.24, 2.45) is 5.73 Å². The van der Waals surface area contributed by atoms with Crippen LogP contribution in [0.5, 0.6) is 5.88 Å². The Labute approximate surface area is 162 Å². The van der Waals surface area contributed by atoms with E-state index in [2.05, 4.69) is 21.6 Å². The van der Waals surface area contributed by atoms with Gasteiger partial charge < -0.3 is 15.8 Å². The highest BCUT2D eigenvalue weighted by molar-refractivity contribution is 7.19. The fourth-order valence-corrected chi connectivity index (χ4v) is 4.78. The first-order valence-corrected chi connectivity index (χ1v) is 9.10. The van der Waals surface area contributed by atoms with E-state index in [0.29, 0.717) is 26.8 Å². The van der Waals surface area contributed by atoms with Crippen molar-refractivity contribution in [3.63, 3.8) is 0 Å². The number of hydrogen-bond acceptors (Lipinski definition) is 6. The number of anilines is 1. The highest BCUT2D eigenvalue weighted by atomic mass is 35.5. The Morgan fingerprint density at radius 2 is 2.11 bits per heavy atom. The molecule has 0 fully saturated rings. The number of nitrogens with one attached hydrogen (secondary N) is 2. The molecule has 27 heavy (non-hydrogen) atoms. The number of amides is 1. The number of aromatic amines is 1. The topological polar surface area (TPSA) is 117 Å². The summed E-state index contributed by atoms with van der Waals surface area (Å²) in [5.41, 5.74) is 6.86. The zero-order valence-electron chi connectivity index (χ0n) is 13.5. The minimum Gasteiger partial charge on any atom is -0.420 e. The molecule has 132 valence electrons. The number of carbonyl (C=O) groups is 1. The van der Waals surface area contributed by atoms with Crippen molar-refractivity contribution < 1.29 is 9.53 Å². The number of aromatic nitrogens is 2. The van der Waals surface area contributed by atoms with E-state index in [9.17, 15) is 10.1 Å². The Hall–Kier alpha value is -3.28. The first-order valence-electron chi connectivity index (χ1n) is 7.91. The van der Waals surface area contributed by atoms with Crippen LogP contribution >= 0.6 is 22.9 Å². The predicted octanol–water partition coefficient (Wildman–Crippen LogP) is 3.12. The zero-order valence-corrected chi connectivity index (χ0v) is 15.1. The van der Waals surface area contributed by atoms with Crippen molar-refractivity contribution in [3.8, 4) is 22.5 Å². The summed E-state index contributed by atoms with van der Waals surface area (Å²) in [5, 5.41) is 19.8. The number of nitrogens with zero attached hydrogens (tertiary/aromatic N) is 2. The van der Waals surface area contributed by atoms with Gasteiger partial charge in [-0.25, -0.2) is 0 Å². The third-order valence-electron chi connectivity index (χ3n) is 4.79. The molecule has 0 aliphatic carbocycles. The molecule has 9 heteroatoms. The summed E-state index contributed by atoms with van der Waals surface area (Å²) in [4.78, 5) is 14.1. The minimum atomic E-state index is -1.44. The third-order valence-corrected chi connectivity index (χ3v) is 6.04. The molecular weight excluding hydrogens is 386 g/mol. The molecular formula is C18H10ClN5O2S. The van der Waals surface area contributed by atoms with E-state index < -0.39 is 5.41 Å². The molecule has 2 aromatic heterocycles. The SMILES string of the molecule is N#CC1=C(N)Oc2n[nH]c(-c3ccc(Cl)s3)c2[C@@]12C(=O)Nc1ccccc12. The number of thiophene rings is 1. The zero-order chi connectivity index (χ0) is 18.8. The number of fused-ring (bicyclic) bond motifs is 4. The van der Waals surface area contributed by atoms with E-state index in [1.165, 1.54) is 11.3 Å². The van der Waals surface area contributed by atoms with Gasteiger partial charge in [-0.05, 0) is 18.2 Å². The molecule has 0 saturated carbocycles. The van der Waals surface area contributed by atoms with Gasteiger partial charge in [-0.1, -0.05) is 29.8 Å². The lowest BCUT2D eigenvalue weighted by atomic mass is 9.69. The van der Waals surface area contributed by atoms with Gasteiger partial charge in [0.1, 0.15) is 17.1 Å². The number of nitrogens with two attached hydrogens (primary N) is 1. The number of carbonyl (C=O) groups excluding carboxylic acids is 1. The Kier molecular flexibility index (Phi) is 3.16. The first kappa shape index (κ1) is 15.9. The third kappa shape index (κ3) is 1.90. The lowest BCUT2D eigenvalue weighted by Gasteiger charge is -2.31.